The summed E-state index contributed by atoms with van der Waals surface area (Å²) in [5.74, 6) is 0.833. The third-order valence-electron chi connectivity index (χ3n) is 5.35. The summed E-state index contributed by atoms with van der Waals surface area (Å²) in [5.41, 5.74) is 3.81. The van der Waals surface area contributed by atoms with Gasteiger partial charge in [-0.25, -0.2) is 0 Å². The first kappa shape index (κ1) is 28.1. The van der Waals surface area contributed by atoms with E-state index in [1.54, 1.807) is 18.2 Å². The lowest BCUT2D eigenvalue weighted by Crippen LogP contribution is -2.12. The zero-order valence-electron chi connectivity index (χ0n) is 20.3. The van der Waals surface area contributed by atoms with Crippen LogP contribution in [0.4, 0.5) is 0 Å². The maximum atomic E-state index is 11.5. The highest BCUT2D eigenvalue weighted by Gasteiger charge is 2.09. The first-order valence-electron chi connectivity index (χ1n) is 11.6. The standard InChI is InChI=1S/C14H20O3.C14H18O2/c1-3-12(15)9-13(16)6-4-11-5-7-14(17)10(2)8-11;1-3-4-5-13(15)8-6-12-7-9-14(16)11(2)10-12/h5,7-8,12,15,17H,3-4,6,9H2,1-2H3;4-5,7,9-10,16H,3,6,8H2,1-2H3/b;5-4+. The summed E-state index contributed by atoms with van der Waals surface area (Å²) >= 11 is 0. The van der Waals surface area contributed by atoms with Crippen molar-refractivity contribution in [2.75, 3.05) is 0 Å². The van der Waals surface area contributed by atoms with E-state index in [0.29, 0.717) is 31.4 Å². The molecule has 1 atom stereocenters. The van der Waals surface area contributed by atoms with Crippen LogP contribution in [-0.2, 0) is 22.4 Å². The number of aliphatic hydroxyl groups is 1. The van der Waals surface area contributed by atoms with Crippen LogP contribution >= 0.6 is 0 Å². The number of aryl methyl sites for hydroxylation is 4. The quantitative estimate of drug-likeness (QED) is 0.388. The Morgan fingerprint density at radius 1 is 0.879 bits per heavy atom. The third-order valence-corrected chi connectivity index (χ3v) is 5.35. The molecular formula is C28H38O5. The van der Waals surface area contributed by atoms with E-state index in [2.05, 4.69) is 0 Å². The third kappa shape index (κ3) is 11.5. The van der Waals surface area contributed by atoms with Gasteiger partial charge in [0.25, 0.3) is 0 Å². The average molecular weight is 455 g/mol. The smallest absolute Gasteiger partial charge is 0.155 e. The summed E-state index contributed by atoms with van der Waals surface area (Å²) in [5, 5.41) is 28.1. The minimum Gasteiger partial charge on any atom is -0.508 e. The SMILES string of the molecule is CC/C=C/C(=O)CCc1ccc(O)c(C)c1.CCC(O)CC(=O)CCc1ccc(O)c(C)c1. The van der Waals surface area contributed by atoms with Crippen molar-refractivity contribution < 1.29 is 24.9 Å². The molecule has 0 aromatic heterocycles. The predicted octanol–water partition coefficient (Wildman–Crippen LogP) is 5.53. The normalized spacial score (nSPS) is 11.7. The summed E-state index contributed by atoms with van der Waals surface area (Å²) in [7, 11) is 0. The first-order valence-corrected chi connectivity index (χ1v) is 11.6. The number of aliphatic hydroxyl groups excluding tert-OH is 1. The average Bonchev–Trinajstić information content (AvgIpc) is 2.79. The van der Waals surface area contributed by atoms with E-state index in [1.165, 1.54) is 0 Å². The number of ketones is 2. The lowest BCUT2D eigenvalue weighted by Gasteiger charge is -2.07. The fraction of sp³-hybridized carbons (Fsp3) is 0.429. The molecule has 180 valence electrons. The largest absolute Gasteiger partial charge is 0.508 e. The molecule has 0 heterocycles. The molecule has 2 rings (SSSR count). The van der Waals surface area contributed by atoms with E-state index in [9.17, 15) is 24.9 Å². The van der Waals surface area contributed by atoms with Gasteiger partial charge in [-0.3, -0.25) is 9.59 Å². The summed E-state index contributed by atoms with van der Waals surface area (Å²) in [6.45, 7) is 7.56. The van der Waals surface area contributed by atoms with E-state index in [4.69, 9.17) is 0 Å². The molecule has 0 bridgehead atoms. The predicted molar refractivity (Wildman–Crippen MR) is 133 cm³/mol. The van der Waals surface area contributed by atoms with Crippen LogP contribution in [0.25, 0.3) is 0 Å². The number of Topliss-reactive ketones (excluding diaryl/α,β-unsaturated/α-hetero) is 1. The highest BCUT2D eigenvalue weighted by atomic mass is 16.3. The topological polar surface area (TPSA) is 94.8 Å². The van der Waals surface area contributed by atoms with Crippen LogP contribution in [0.5, 0.6) is 11.5 Å². The molecule has 0 radical (unpaired) electrons. The fourth-order valence-electron chi connectivity index (χ4n) is 3.14. The number of hydrogen-bond acceptors (Lipinski definition) is 5. The molecule has 0 aliphatic carbocycles. The number of benzene rings is 2. The van der Waals surface area contributed by atoms with Crippen LogP contribution in [0.3, 0.4) is 0 Å². The molecule has 2 aromatic rings. The van der Waals surface area contributed by atoms with Gasteiger partial charge < -0.3 is 15.3 Å². The zero-order valence-corrected chi connectivity index (χ0v) is 20.3. The van der Waals surface area contributed by atoms with Gasteiger partial charge in [0.05, 0.1) is 6.10 Å². The Labute approximate surface area is 197 Å². The molecule has 3 N–H and O–H groups in total. The number of rotatable bonds is 11. The van der Waals surface area contributed by atoms with E-state index in [-0.39, 0.29) is 23.7 Å². The van der Waals surface area contributed by atoms with Crippen LogP contribution in [0.1, 0.15) is 68.2 Å². The van der Waals surface area contributed by atoms with Gasteiger partial charge in [-0.2, -0.15) is 0 Å². The number of hydrogen-bond donors (Lipinski definition) is 3. The molecule has 0 aliphatic rings. The Morgan fingerprint density at radius 2 is 1.39 bits per heavy atom. The summed E-state index contributed by atoms with van der Waals surface area (Å²) < 4.78 is 0. The van der Waals surface area contributed by atoms with Crippen LogP contribution < -0.4 is 0 Å². The minimum atomic E-state index is -0.510. The van der Waals surface area contributed by atoms with E-state index >= 15 is 0 Å². The van der Waals surface area contributed by atoms with Gasteiger partial charge in [0.15, 0.2) is 5.78 Å². The molecule has 5 nitrogen and oxygen atoms in total. The lowest BCUT2D eigenvalue weighted by atomic mass is 10.0. The highest BCUT2D eigenvalue weighted by molar-refractivity contribution is 5.89. The summed E-state index contributed by atoms with van der Waals surface area (Å²) in [6.07, 6.45) is 7.13. The Balaban J connectivity index is 0.000000331. The van der Waals surface area contributed by atoms with Gasteiger partial charge >= 0.3 is 0 Å². The molecule has 1 unspecified atom stereocenters. The van der Waals surface area contributed by atoms with Gasteiger partial charge in [-0.15, -0.1) is 0 Å². The number of carbonyl (C=O) groups excluding carboxylic acids is 2. The minimum absolute atomic E-state index is 0.0880. The maximum absolute atomic E-state index is 11.5. The Bertz CT molecular complexity index is 930. The highest BCUT2D eigenvalue weighted by Crippen LogP contribution is 2.19. The molecule has 5 heteroatoms. The second-order valence-corrected chi connectivity index (χ2v) is 8.32. The summed E-state index contributed by atoms with van der Waals surface area (Å²) in [6, 6.07) is 10.8. The van der Waals surface area contributed by atoms with Crippen molar-refractivity contribution in [2.45, 2.75) is 78.7 Å². The zero-order chi connectivity index (χ0) is 24.8. The van der Waals surface area contributed by atoms with Gasteiger partial charge in [0.2, 0.25) is 0 Å². The Morgan fingerprint density at radius 3 is 1.85 bits per heavy atom. The van der Waals surface area contributed by atoms with E-state index in [1.807, 2.05) is 58.0 Å². The Kier molecular flexibility index (Phi) is 12.8. The van der Waals surface area contributed by atoms with Crippen LogP contribution in [0.2, 0.25) is 0 Å². The molecule has 0 saturated carbocycles. The number of phenols is 2. The van der Waals surface area contributed by atoms with Crippen molar-refractivity contribution in [3.63, 3.8) is 0 Å². The van der Waals surface area contributed by atoms with Crippen molar-refractivity contribution >= 4 is 11.6 Å². The maximum Gasteiger partial charge on any atom is 0.155 e. The Hall–Kier alpha value is -2.92. The van der Waals surface area contributed by atoms with Crippen molar-refractivity contribution in [3.05, 3.63) is 70.8 Å². The van der Waals surface area contributed by atoms with Crippen molar-refractivity contribution in [1.82, 2.24) is 0 Å². The molecule has 33 heavy (non-hydrogen) atoms. The molecule has 0 spiro atoms. The van der Waals surface area contributed by atoms with E-state index < -0.39 is 6.10 Å². The van der Waals surface area contributed by atoms with Crippen molar-refractivity contribution in [1.29, 1.82) is 0 Å². The van der Waals surface area contributed by atoms with Crippen LogP contribution in [0.15, 0.2) is 48.6 Å². The van der Waals surface area contributed by atoms with Gasteiger partial charge in [-0.05, 0) is 80.0 Å². The molecule has 0 aliphatic heterocycles. The first-order chi connectivity index (χ1) is 15.7. The van der Waals surface area contributed by atoms with Crippen molar-refractivity contribution in [3.8, 4) is 11.5 Å². The van der Waals surface area contributed by atoms with Gasteiger partial charge in [0.1, 0.15) is 17.3 Å². The van der Waals surface area contributed by atoms with Crippen LogP contribution in [-0.4, -0.2) is 33.0 Å². The molecule has 0 saturated heterocycles. The van der Waals surface area contributed by atoms with Gasteiger partial charge in [0, 0.05) is 19.3 Å². The number of carbonyl (C=O) groups is 2. The second kappa shape index (κ2) is 15.0. The molecule has 2 aromatic carbocycles. The molecular weight excluding hydrogens is 416 g/mol. The lowest BCUT2D eigenvalue weighted by molar-refractivity contribution is -0.121. The number of aromatic hydroxyl groups is 2. The van der Waals surface area contributed by atoms with E-state index in [0.717, 1.165) is 35.1 Å². The number of allylic oxidation sites excluding steroid dienone is 2. The van der Waals surface area contributed by atoms with Crippen LogP contribution in [0, 0.1) is 13.8 Å². The second-order valence-electron chi connectivity index (χ2n) is 8.32. The number of phenolic OH excluding ortho intramolecular Hbond substituents is 2. The summed E-state index contributed by atoms with van der Waals surface area (Å²) in [4.78, 5) is 22.9. The fourth-order valence-corrected chi connectivity index (χ4v) is 3.14. The monoisotopic (exact) mass is 454 g/mol. The molecule has 0 fully saturated rings. The molecule has 0 amide bonds. The van der Waals surface area contributed by atoms with Gasteiger partial charge in [-0.1, -0.05) is 44.2 Å². The van der Waals surface area contributed by atoms with Crippen molar-refractivity contribution in [2.24, 2.45) is 0 Å².